The molecule has 0 radical (unpaired) electrons. The van der Waals surface area contributed by atoms with Gasteiger partial charge in [0.2, 0.25) is 11.8 Å². The molecule has 5 rings (SSSR count). The molecule has 0 fully saturated rings. The molecule has 30 heavy (non-hydrogen) atoms. The van der Waals surface area contributed by atoms with Crippen LogP contribution in [0.5, 0.6) is 0 Å². The van der Waals surface area contributed by atoms with E-state index in [1.165, 1.54) is 12.1 Å². The summed E-state index contributed by atoms with van der Waals surface area (Å²) in [6, 6.07) is 19.1. The van der Waals surface area contributed by atoms with Gasteiger partial charge in [-0.25, -0.2) is 4.98 Å². The van der Waals surface area contributed by atoms with Crippen LogP contribution in [-0.2, 0) is 0 Å². The van der Waals surface area contributed by atoms with Gasteiger partial charge in [0.25, 0.3) is 5.69 Å². The van der Waals surface area contributed by atoms with E-state index in [0.717, 1.165) is 11.1 Å². The van der Waals surface area contributed by atoms with Crippen LogP contribution < -0.4 is 0 Å². The van der Waals surface area contributed by atoms with Gasteiger partial charge in [-0.05, 0) is 30.3 Å². The second kappa shape index (κ2) is 7.09. The quantitative estimate of drug-likeness (QED) is 0.305. The van der Waals surface area contributed by atoms with Crippen LogP contribution in [-0.4, -0.2) is 25.1 Å². The molecule has 1 N–H and O–H groups in total. The Hall–Kier alpha value is -4.04. The van der Waals surface area contributed by atoms with Crippen molar-refractivity contribution in [3.8, 4) is 34.3 Å². The van der Waals surface area contributed by atoms with Gasteiger partial charge >= 0.3 is 0 Å². The molecule has 0 aliphatic carbocycles. The van der Waals surface area contributed by atoms with Crippen molar-refractivity contribution in [3.05, 3.63) is 81.9 Å². The molecular weight excluding hydrogens is 406 g/mol. The van der Waals surface area contributed by atoms with Gasteiger partial charge in [0.05, 0.1) is 16.0 Å². The third-order valence-corrected chi connectivity index (χ3v) is 4.82. The topological polar surface area (TPSA) is 111 Å². The highest BCUT2D eigenvalue weighted by Gasteiger charge is 2.18. The summed E-state index contributed by atoms with van der Waals surface area (Å²) in [5.41, 5.74) is 3.32. The van der Waals surface area contributed by atoms with Crippen LogP contribution in [0.15, 0.2) is 71.1 Å². The number of hydrogen-bond acceptors (Lipinski definition) is 6. The lowest BCUT2D eigenvalue weighted by atomic mass is 10.1. The van der Waals surface area contributed by atoms with E-state index in [4.69, 9.17) is 16.0 Å². The number of nitrogens with one attached hydrogen (secondary N) is 1. The second-order valence-corrected chi connectivity index (χ2v) is 6.95. The number of benzene rings is 3. The Balaban J connectivity index is 1.58. The van der Waals surface area contributed by atoms with E-state index >= 15 is 0 Å². The van der Waals surface area contributed by atoms with Gasteiger partial charge in [0, 0.05) is 33.8 Å². The van der Waals surface area contributed by atoms with Crippen LogP contribution in [0.4, 0.5) is 5.69 Å². The molecular formula is C21H12ClN5O3. The highest BCUT2D eigenvalue weighted by atomic mass is 35.5. The number of hydrogen-bond donors (Lipinski definition) is 1. The lowest BCUT2D eigenvalue weighted by Crippen LogP contribution is -1.87. The van der Waals surface area contributed by atoms with Gasteiger partial charge in [-0.2, -0.15) is 0 Å². The molecule has 9 heteroatoms. The van der Waals surface area contributed by atoms with Crippen LogP contribution in [0, 0.1) is 10.1 Å². The molecule has 0 saturated heterocycles. The van der Waals surface area contributed by atoms with Crippen LogP contribution in [0.25, 0.3) is 45.3 Å². The highest BCUT2D eigenvalue weighted by molar-refractivity contribution is 6.30. The van der Waals surface area contributed by atoms with Crippen molar-refractivity contribution in [2.75, 3.05) is 0 Å². The Labute approximate surface area is 174 Å². The Bertz CT molecular complexity index is 1410. The summed E-state index contributed by atoms with van der Waals surface area (Å²) < 4.78 is 5.89. The summed E-state index contributed by atoms with van der Waals surface area (Å²) in [5.74, 6) is 1.22. The maximum Gasteiger partial charge on any atom is 0.271 e. The molecule has 0 spiro atoms. The number of halogens is 1. The van der Waals surface area contributed by atoms with Crippen molar-refractivity contribution in [2.24, 2.45) is 0 Å². The number of non-ortho nitro benzene ring substituents is 1. The molecule has 146 valence electrons. The monoisotopic (exact) mass is 417 g/mol. The number of nitrogens with zero attached hydrogens (tertiary/aromatic N) is 4. The summed E-state index contributed by atoms with van der Waals surface area (Å²) in [6.45, 7) is 0. The van der Waals surface area contributed by atoms with Crippen molar-refractivity contribution in [1.29, 1.82) is 0 Å². The number of nitro groups is 1. The maximum atomic E-state index is 11.0. The Kier molecular flexibility index (Phi) is 4.26. The van der Waals surface area contributed by atoms with Crippen molar-refractivity contribution in [3.63, 3.8) is 0 Å². The number of imidazole rings is 1. The molecule has 0 aliphatic rings. The minimum absolute atomic E-state index is 0.00551. The smallest absolute Gasteiger partial charge is 0.271 e. The number of aromatic amines is 1. The second-order valence-electron chi connectivity index (χ2n) is 6.51. The van der Waals surface area contributed by atoms with Crippen LogP contribution in [0.2, 0.25) is 5.02 Å². The molecule has 2 aromatic heterocycles. The first-order valence-electron chi connectivity index (χ1n) is 8.92. The van der Waals surface area contributed by atoms with E-state index in [9.17, 15) is 10.1 Å². The Morgan fingerprint density at radius 2 is 1.73 bits per heavy atom. The van der Waals surface area contributed by atoms with E-state index in [1.807, 2.05) is 36.4 Å². The fourth-order valence-electron chi connectivity index (χ4n) is 3.19. The normalized spacial score (nSPS) is 11.1. The first kappa shape index (κ1) is 18.0. The SMILES string of the molecule is O=[N+]([O-])c1ccc2nc(-c3ccccc3-c3nnc(-c4cccc(Cl)c4)o3)[nH]c2c1. The zero-order valence-corrected chi connectivity index (χ0v) is 16.0. The molecule has 2 heterocycles. The molecule has 0 amide bonds. The molecule has 5 aromatic rings. The maximum absolute atomic E-state index is 11.0. The molecule has 3 aromatic carbocycles. The van der Waals surface area contributed by atoms with Gasteiger partial charge in [-0.3, -0.25) is 10.1 Å². The summed E-state index contributed by atoms with van der Waals surface area (Å²) in [6.07, 6.45) is 0. The molecule has 0 saturated carbocycles. The first-order valence-corrected chi connectivity index (χ1v) is 9.30. The zero-order chi connectivity index (χ0) is 20.7. The van der Waals surface area contributed by atoms with Crippen LogP contribution >= 0.6 is 11.6 Å². The standard InChI is InChI=1S/C21H12ClN5O3/c22-13-5-3-4-12(10-13)20-25-26-21(30-20)16-7-2-1-6-15(16)19-23-17-9-8-14(27(28)29)11-18(17)24-19/h1-11H,(H,23,24). The molecule has 0 atom stereocenters. The van der Waals surface area contributed by atoms with Gasteiger partial charge < -0.3 is 9.40 Å². The molecule has 0 unspecified atom stereocenters. The van der Waals surface area contributed by atoms with E-state index in [-0.39, 0.29) is 5.69 Å². The Morgan fingerprint density at radius 3 is 2.53 bits per heavy atom. The Morgan fingerprint density at radius 1 is 0.933 bits per heavy atom. The van der Waals surface area contributed by atoms with Gasteiger partial charge in [-0.15, -0.1) is 10.2 Å². The molecule has 0 bridgehead atoms. The highest BCUT2D eigenvalue weighted by Crippen LogP contribution is 2.33. The van der Waals surface area contributed by atoms with Crippen molar-refractivity contribution in [2.45, 2.75) is 0 Å². The lowest BCUT2D eigenvalue weighted by molar-refractivity contribution is -0.384. The largest absolute Gasteiger partial charge is 0.416 e. The number of H-pyrrole nitrogens is 1. The third-order valence-electron chi connectivity index (χ3n) is 4.59. The van der Waals surface area contributed by atoms with Gasteiger partial charge in [-0.1, -0.05) is 35.9 Å². The fraction of sp³-hybridized carbons (Fsp3) is 0. The van der Waals surface area contributed by atoms with E-state index in [0.29, 0.717) is 39.2 Å². The summed E-state index contributed by atoms with van der Waals surface area (Å²) in [5, 5.41) is 19.9. The van der Waals surface area contributed by atoms with E-state index in [2.05, 4.69) is 20.2 Å². The minimum Gasteiger partial charge on any atom is -0.416 e. The third kappa shape index (κ3) is 3.19. The summed E-state index contributed by atoms with van der Waals surface area (Å²) >= 11 is 6.05. The predicted molar refractivity (Wildman–Crippen MR) is 112 cm³/mol. The molecule has 8 nitrogen and oxygen atoms in total. The predicted octanol–water partition coefficient (Wildman–Crippen LogP) is 5.51. The minimum atomic E-state index is -0.441. The summed E-state index contributed by atoms with van der Waals surface area (Å²) in [7, 11) is 0. The number of fused-ring (bicyclic) bond motifs is 1. The summed E-state index contributed by atoms with van der Waals surface area (Å²) in [4.78, 5) is 18.3. The van der Waals surface area contributed by atoms with Crippen LogP contribution in [0.3, 0.4) is 0 Å². The van der Waals surface area contributed by atoms with Crippen LogP contribution in [0.1, 0.15) is 0 Å². The van der Waals surface area contributed by atoms with Crippen molar-refractivity contribution in [1.82, 2.24) is 20.2 Å². The van der Waals surface area contributed by atoms with Crippen molar-refractivity contribution < 1.29 is 9.34 Å². The van der Waals surface area contributed by atoms with Crippen molar-refractivity contribution >= 4 is 28.3 Å². The number of aromatic nitrogens is 4. The fourth-order valence-corrected chi connectivity index (χ4v) is 3.38. The van der Waals surface area contributed by atoms with Gasteiger partial charge in [0.1, 0.15) is 5.82 Å². The van der Waals surface area contributed by atoms with E-state index < -0.39 is 4.92 Å². The average molecular weight is 418 g/mol. The zero-order valence-electron chi connectivity index (χ0n) is 15.2. The van der Waals surface area contributed by atoms with E-state index in [1.54, 1.807) is 18.2 Å². The number of nitro benzene ring substituents is 1. The molecule has 0 aliphatic heterocycles. The average Bonchev–Trinajstić information content (AvgIpc) is 3.40. The lowest BCUT2D eigenvalue weighted by Gasteiger charge is -2.03. The first-order chi connectivity index (χ1) is 14.6. The van der Waals surface area contributed by atoms with Gasteiger partial charge in [0.15, 0.2) is 0 Å². The number of rotatable bonds is 4.